The third-order valence-electron chi connectivity index (χ3n) is 3.84. The Bertz CT molecular complexity index is 521. The quantitative estimate of drug-likeness (QED) is 0.777. The van der Waals surface area contributed by atoms with E-state index in [1.807, 2.05) is 0 Å². The maximum atomic E-state index is 12.0. The maximum Gasteiger partial charge on any atom is 0.303 e. The first kappa shape index (κ1) is 15.5. The molecule has 0 saturated carbocycles. The van der Waals surface area contributed by atoms with E-state index in [1.165, 1.54) is 23.9 Å². The number of anilines is 1. The predicted molar refractivity (Wildman–Crippen MR) is 80.7 cm³/mol. The van der Waals surface area contributed by atoms with E-state index < -0.39 is 5.97 Å². The Hall–Kier alpha value is -1.85. The Kier molecular flexibility index (Phi) is 5.78. The molecule has 2 heterocycles. The summed E-state index contributed by atoms with van der Waals surface area (Å²) in [6, 6.07) is 1.66. The molecule has 1 N–H and O–H groups in total. The van der Waals surface area contributed by atoms with Crippen molar-refractivity contribution in [1.29, 1.82) is 0 Å². The molecule has 0 atom stereocenters. The van der Waals surface area contributed by atoms with Gasteiger partial charge in [-0.25, -0.2) is 4.68 Å². The molecule has 0 unspecified atom stereocenters. The second-order valence-corrected chi connectivity index (χ2v) is 5.53. The molecule has 0 bridgehead atoms. The molecule has 0 aliphatic carbocycles. The number of carboxylic acid groups (broad SMARTS) is 1. The minimum atomic E-state index is -0.767. The second-order valence-electron chi connectivity index (χ2n) is 5.53. The van der Waals surface area contributed by atoms with Crippen LogP contribution < -0.4 is 10.5 Å². The fourth-order valence-electron chi connectivity index (χ4n) is 2.63. The normalized spacial score (nSPS) is 15.1. The van der Waals surface area contributed by atoms with Gasteiger partial charge in [-0.05, 0) is 32.1 Å². The van der Waals surface area contributed by atoms with Crippen molar-refractivity contribution >= 4 is 11.7 Å². The molecular weight excluding hydrogens is 270 g/mol. The highest BCUT2D eigenvalue weighted by Crippen LogP contribution is 2.16. The molecule has 1 aromatic rings. The van der Waals surface area contributed by atoms with Crippen molar-refractivity contribution in [2.45, 2.75) is 51.5 Å². The summed E-state index contributed by atoms with van der Waals surface area (Å²) < 4.78 is 1.47. The van der Waals surface area contributed by atoms with Gasteiger partial charge in [-0.3, -0.25) is 9.59 Å². The van der Waals surface area contributed by atoms with E-state index in [-0.39, 0.29) is 12.0 Å². The third kappa shape index (κ3) is 4.88. The molecule has 0 aromatic carbocycles. The summed E-state index contributed by atoms with van der Waals surface area (Å²) in [6.07, 6.45) is 7.80. The van der Waals surface area contributed by atoms with Crippen molar-refractivity contribution in [1.82, 2.24) is 9.78 Å². The number of unbranched alkanes of at least 4 members (excludes halogenated alkanes) is 2. The van der Waals surface area contributed by atoms with Gasteiger partial charge in [0.25, 0.3) is 5.56 Å². The summed E-state index contributed by atoms with van der Waals surface area (Å²) in [6.45, 7) is 2.55. The second kappa shape index (κ2) is 7.81. The van der Waals surface area contributed by atoms with Gasteiger partial charge in [0.1, 0.15) is 0 Å². The van der Waals surface area contributed by atoms with Crippen molar-refractivity contribution in [2.75, 3.05) is 18.0 Å². The van der Waals surface area contributed by atoms with Crippen molar-refractivity contribution in [2.24, 2.45) is 0 Å². The fourth-order valence-corrected chi connectivity index (χ4v) is 2.63. The van der Waals surface area contributed by atoms with Gasteiger partial charge in [-0.2, -0.15) is 5.10 Å². The Morgan fingerprint density at radius 2 is 1.95 bits per heavy atom. The molecule has 1 aliphatic rings. The molecule has 0 radical (unpaired) electrons. The maximum absolute atomic E-state index is 12.0. The highest BCUT2D eigenvalue weighted by atomic mass is 16.4. The molecule has 1 aliphatic heterocycles. The van der Waals surface area contributed by atoms with E-state index >= 15 is 0 Å². The lowest BCUT2D eigenvalue weighted by molar-refractivity contribution is -0.137. The molecule has 21 heavy (non-hydrogen) atoms. The first-order valence-corrected chi connectivity index (χ1v) is 7.71. The van der Waals surface area contributed by atoms with Crippen LogP contribution in [-0.4, -0.2) is 33.9 Å². The van der Waals surface area contributed by atoms with E-state index in [2.05, 4.69) is 10.00 Å². The SMILES string of the molecule is O=C(O)CCCCCn1ncc(N2CCCCC2)cc1=O. The van der Waals surface area contributed by atoms with Gasteiger partial charge < -0.3 is 10.0 Å². The molecule has 2 rings (SSSR count). The number of piperidine rings is 1. The lowest BCUT2D eigenvalue weighted by Gasteiger charge is -2.28. The standard InChI is InChI=1S/C15H23N3O3/c19-14-11-13(17-8-4-2-5-9-17)12-16-18(14)10-6-1-3-7-15(20)21/h11-12H,1-10H2,(H,20,21). The Morgan fingerprint density at radius 3 is 2.62 bits per heavy atom. The van der Waals surface area contributed by atoms with Gasteiger partial charge in [0.05, 0.1) is 11.9 Å². The van der Waals surface area contributed by atoms with E-state index in [9.17, 15) is 9.59 Å². The van der Waals surface area contributed by atoms with Gasteiger partial charge >= 0.3 is 5.97 Å². The highest BCUT2D eigenvalue weighted by Gasteiger charge is 2.12. The molecule has 1 fully saturated rings. The van der Waals surface area contributed by atoms with Crippen LogP contribution in [0.3, 0.4) is 0 Å². The monoisotopic (exact) mass is 293 g/mol. The zero-order valence-electron chi connectivity index (χ0n) is 12.3. The molecular formula is C15H23N3O3. The van der Waals surface area contributed by atoms with Gasteiger partial charge in [-0.15, -0.1) is 0 Å². The van der Waals surface area contributed by atoms with Crippen LogP contribution in [0.15, 0.2) is 17.1 Å². The Balaban J connectivity index is 1.84. The largest absolute Gasteiger partial charge is 0.481 e. The zero-order valence-corrected chi connectivity index (χ0v) is 12.3. The van der Waals surface area contributed by atoms with Gasteiger partial charge in [0.15, 0.2) is 0 Å². The van der Waals surface area contributed by atoms with E-state index in [1.54, 1.807) is 12.3 Å². The fraction of sp³-hybridized carbons (Fsp3) is 0.667. The van der Waals surface area contributed by atoms with Crippen LogP contribution in [0.25, 0.3) is 0 Å². The van der Waals surface area contributed by atoms with Crippen molar-refractivity contribution in [3.8, 4) is 0 Å². The lowest BCUT2D eigenvalue weighted by atomic mass is 10.1. The third-order valence-corrected chi connectivity index (χ3v) is 3.84. The summed E-state index contributed by atoms with van der Waals surface area (Å²) in [5, 5.41) is 12.8. The van der Waals surface area contributed by atoms with Crippen LogP contribution in [0.5, 0.6) is 0 Å². The first-order chi connectivity index (χ1) is 10.2. The van der Waals surface area contributed by atoms with Crippen LogP contribution >= 0.6 is 0 Å². The number of aromatic nitrogens is 2. The number of hydrogen-bond acceptors (Lipinski definition) is 4. The van der Waals surface area contributed by atoms with E-state index in [4.69, 9.17) is 5.11 Å². The molecule has 6 heteroatoms. The molecule has 0 spiro atoms. The number of rotatable bonds is 7. The highest BCUT2D eigenvalue weighted by molar-refractivity contribution is 5.66. The summed E-state index contributed by atoms with van der Waals surface area (Å²) in [4.78, 5) is 24.7. The Morgan fingerprint density at radius 1 is 1.19 bits per heavy atom. The average molecular weight is 293 g/mol. The number of nitrogens with zero attached hydrogens (tertiary/aromatic N) is 3. The van der Waals surface area contributed by atoms with Crippen LogP contribution in [0, 0.1) is 0 Å². The van der Waals surface area contributed by atoms with E-state index in [0.717, 1.165) is 31.6 Å². The van der Waals surface area contributed by atoms with Crippen LogP contribution in [0.4, 0.5) is 5.69 Å². The molecule has 1 saturated heterocycles. The molecule has 6 nitrogen and oxygen atoms in total. The average Bonchev–Trinajstić information content (AvgIpc) is 2.49. The summed E-state index contributed by atoms with van der Waals surface area (Å²) in [7, 11) is 0. The first-order valence-electron chi connectivity index (χ1n) is 7.71. The summed E-state index contributed by atoms with van der Waals surface area (Å²) in [5.41, 5.74) is 0.845. The number of aryl methyl sites for hydroxylation is 1. The van der Waals surface area contributed by atoms with Gasteiger partial charge in [-0.1, -0.05) is 6.42 Å². The van der Waals surface area contributed by atoms with Crippen molar-refractivity contribution in [3.63, 3.8) is 0 Å². The summed E-state index contributed by atoms with van der Waals surface area (Å²) >= 11 is 0. The van der Waals surface area contributed by atoms with Gasteiger partial charge in [0.2, 0.25) is 0 Å². The minimum Gasteiger partial charge on any atom is -0.481 e. The summed E-state index contributed by atoms with van der Waals surface area (Å²) in [5.74, 6) is -0.767. The minimum absolute atomic E-state index is 0.0729. The molecule has 116 valence electrons. The van der Waals surface area contributed by atoms with Crippen LogP contribution in [-0.2, 0) is 11.3 Å². The molecule has 0 amide bonds. The lowest BCUT2D eigenvalue weighted by Crippen LogP contribution is -2.32. The molecule has 1 aromatic heterocycles. The topological polar surface area (TPSA) is 75.4 Å². The van der Waals surface area contributed by atoms with Crippen molar-refractivity contribution in [3.05, 3.63) is 22.6 Å². The Labute approximate surface area is 124 Å². The van der Waals surface area contributed by atoms with Gasteiger partial charge in [0, 0.05) is 32.1 Å². The smallest absolute Gasteiger partial charge is 0.303 e. The number of aliphatic carboxylic acids is 1. The van der Waals surface area contributed by atoms with Crippen LogP contribution in [0.2, 0.25) is 0 Å². The predicted octanol–water partition coefficient (Wildman–Crippen LogP) is 1.88. The number of carbonyl (C=O) groups is 1. The van der Waals surface area contributed by atoms with Crippen LogP contribution in [0.1, 0.15) is 44.9 Å². The van der Waals surface area contributed by atoms with Crippen molar-refractivity contribution < 1.29 is 9.90 Å². The van der Waals surface area contributed by atoms with E-state index in [0.29, 0.717) is 13.0 Å². The zero-order chi connectivity index (χ0) is 15.1. The number of carboxylic acids is 1. The number of hydrogen-bond donors (Lipinski definition) is 1.